The lowest BCUT2D eigenvalue weighted by Crippen LogP contribution is -2.65. The second kappa shape index (κ2) is 12.3. The van der Waals surface area contributed by atoms with Gasteiger partial charge >= 0.3 is 11.7 Å². The first-order valence-electron chi connectivity index (χ1n) is 13.9. The maximum atomic E-state index is 13.4. The summed E-state index contributed by atoms with van der Waals surface area (Å²) < 4.78 is 41.2. The first-order chi connectivity index (χ1) is 21.7. The van der Waals surface area contributed by atoms with Crippen LogP contribution in [0.3, 0.4) is 0 Å². The summed E-state index contributed by atoms with van der Waals surface area (Å²) in [5.74, 6) is -1.92. The van der Waals surface area contributed by atoms with Gasteiger partial charge < -0.3 is 49.7 Å². The molecule has 1 saturated heterocycles. The Morgan fingerprint density at radius 2 is 1.76 bits per heavy atom. The Kier molecular flexibility index (Phi) is 8.62. The average Bonchev–Trinajstić information content (AvgIpc) is 2.99. The van der Waals surface area contributed by atoms with Gasteiger partial charge in [-0.05, 0) is 68.8 Å². The van der Waals surface area contributed by atoms with Crippen LogP contribution in [0.2, 0.25) is 0 Å². The SMILES string of the molecule is CO[C@@H]1[C@@H](OC(N)=O)[C@@H](O)[C@H](Oc2ccc3c(O)c(NC(=O)c4ccc(O)c(-c5ccc(F)cc5)c4)c(=O)oc3c2C)OC1(C)C. The minimum Gasteiger partial charge on any atom is -0.507 e. The average molecular weight is 639 g/mol. The molecular formula is C32H31FN2O11. The molecule has 2 heterocycles. The number of nitrogens with one attached hydrogen (secondary N) is 1. The van der Waals surface area contributed by atoms with Crippen LogP contribution in [0.15, 0.2) is 63.8 Å². The number of benzene rings is 3. The third-order valence-electron chi connectivity index (χ3n) is 7.67. The van der Waals surface area contributed by atoms with E-state index in [-0.39, 0.29) is 39.2 Å². The van der Waals surface area contributed by atoms with Crippen molar-refractivity contribution in [2.45, 2.75) is 51.0 Å². The van der Waals surface area contributed by atoms with Crippen molar-refractivity contribution in [3.63, 3.8) is 0 Å². The Bertz CT molecular complexity index is 1870. The van der Waals surface area contributed by atoms with Crippen molar-refractivity contribution in [3.8, 4) is 28.4 Å². The third-order valence-corrected chi connectivity index (χ3v) is 7.67. The summed E-state index contributed by atoms with van der Waals surface area (Å²) in [5, 5.41) is 34.7. The second-order valence-corrected chi connectivity index (χ2v) is 11.1. The van der Waals surface area contributed by atoms with Gasteiger partial charge in [-0.25, -0.2) is 14.0 Å². The number of aliphatic hydroxyl groups excluding tert-OH is 1. The van der Waals surface area contributed by atoms with Gasteiger partial charge in [0.25, 0.3) is 5.91 Å². The van der Waals surface area contributed by atoms with Crippen molar-refractivity contribution >= 4 is 28.7 Å². The number of carbonyl (C=O) groups is 2. The number of aliphatic hydroxyl groups is 1. The van der Waals surface area contributed by atoms with E-state index in [0.29, 0.717) is 5.56 Å². The van der Waals surface area contributed by atoms with Gasteiger partial charge in [-0.15, -0.1) is 0 Å². The lowest BCUT2D eigenvalue weighted by molar-refractivity contribution is -0.304. The minimum atomic E-state index is -1.54. The second-order valence-electron chi connectivity index (χ2n) is 11.1. The van der Waals surface area contributed by atoms with Gasteiger partial charge in [-0.1, -0.05) is 12.1 Å². The molecule has 5 rings (SSSR count). The molecule has 4 atom stereocenters. The van der Waals surface area contributed by atoms with E-state index < -0.39 is 65.1 Å². The number of hydrogen-bond donors (Lipinski definition) is 5. The molecule has 14 heteroatoms. The van der Waals surface area contributed by atoms with Gasteiger partial charge in [0.2, 0.25) is 6.29 Å². The van der Waals surface area contributed by atoms with Crippen molar-refractivity contribution in [2.75, 3.05) is 12.4 Å². The zero-order chi connectivity index (χ0) is 33.5. The summed E-state index contributed by atoms with van der Waals surface area (Å²) in [6.45, 7) is 4.81. The fraction of sp³-hybridized carbons (Fsp3) is 0.281. The van der Waals surface area contributed by atoms with E-state index in [2.05, 4.69) is 5.32 Å². The Labute approximate surface area is 260 Å². The molecule has 46 heavy (non-hydrogen) atoms. The van der Waals surface area contributed by atoms with Crippen LogP contribution in [0.25, 0.3) is 22.1 Å². The maximum Gasteiger partial charge on any atom is 0.404 e. The third kappa shape index (κ3) is 6.05. The number of rotatable bonds is 7. The molecule has 0 radical (unpaired) electrons. The molecule has 0 bridgehead atoms. The largest absolute Gasteiger partial charge is 0.507 e. The number of hydrogen-bond acceptors (Lipinski definition) is 11. The lowest BCUT2D eigenvalue weighted by atomic mass is 9.89. The molecule has 13 nitrogen and oxygen atoms in total. The molecule has 3 aromatic carbocycles. The number of aryl methyl sites for hydroxylation is 1. The molecule has 6 N–H and O–H groups in total. The zero-order valence-electron chi connectivity index (χ0n) is 25.1. The number of halogens is 1. The number of anilines is 1. The number of phenolic OH excluding ortho intramolecular Hbond substituents is 1. The normalized spacial score (nSPS) is 20.7. The predicted molar refractivity (Wildman–Crippen MR) is 161 cm³/mol. The van der Waals surface area contributed by atoms with E-state index in [4.69, 9.17) is 29.1 Å². The molecule has 1 aromatic heterocycles. The van der Waals surface area contributed by atoms with Crippen molar-refractivity contribution in [2.24, 2.45) is 5.73 Å². The molecule has 0 aliphatic carbocycles. The van der Waals surface area contributed by atoms with Gasteiger partial charge in [0.05, 0.1) is 11.0 Å². The molecule has 1 aliphatic rings. The number of phenols is 1. The highest BCUT2D eigenvalue weighted by atomic mass is 19.1. The quantitative estimate of drug-likeness (QED) is 0.184. The first-order valence-corrected chi connectivity index (χ1v) is 13.9. The molecule has 1 fully saturated rings. The Morgan fingerprint density at radius 3 is 2.41 bits per heavy atom. The van der Waals surface area contributed by atoms with Crippen molar-refractivity contribution in [1.29, 1.82) is 0 Å². The number of ether oxygens (including phenoxy) is 4. The number of primary amides is 1. The predicted octanol–water partition coefficient (Wildman–Crippen LogP) is 3.92. The fourth-order valence-corrected chi connectivity index (χ4v) is 5.40. The minimum absolute atomic E-state index is 0.0271. The number of fused-ring (bicyclic) bond motifs is 1. The van der Waals surface area contributed by atoms with E-state index in [9.17, 15) is 34.1 Å². The van der Waals surface area contributed by atoms with Crippen LogP contribution in [-0.2, 0) is 14.2 Å². The molecule has 242 valence electrons. The summed E-state index contributed by atoms with van der Waals surface area (Å²) in [4.78, 5) is 37.6. The molecule has 1 aliphatic heterocycles. The maximum absolute atomic E-state index is 13.4. The molecular weight excluding hydrogens is 607 g/mol. The molecule has 4 aromatic rings. The van der Waals surface area contributed by atoms with E-state index in [1.807, 2.05) is 0 Å². The Hall–Kier alpha value is -5.18. The highest BCUT2D eigenvalue weighted by molar-refractivity contribution is 6.07. The van der Waals surface area contributed by atoms with Gasteiger partial charge in [-0.3, -0.25) is 4.79 Å². The van der Waals surface area contributed by atoms with Gasteiger partial charge in [0.15, 0.2) is 23.6 Å². The molecule has 0 unspecified atom stereocenters. The van der Waals surface area contributed by atoms with Crippen molar-refractivity contribution in [1.82, 2.24) is 0 Å². The Balaban J connectivity index is 1.43. The highest BCUT2D eigenvalue weighted by Gasteiger charge is 2.53. The van der Waals surface area contributed by atoms with E-state index >= 15 is 0 Å². The summed E-state index contributed by atoms with van der Waals surface area (Å²) in [5.41, 5.74) is 3.34. The first kappa shape index (κ1) is 32.2. The lowest BCUT2D eigenvalue weighted by Gasteiger charge is -2.47. The topological polar surface area (TPSA) is 200 Å². The van der Waals surface area contributed by atoms with Crippen LogP contribution in [0, 0.1) is 12.7 Å². The number of amides is 2. The van der Waals surface area contributed by atoms with E-state index in [1.165, 1.54) is 68.6 Å². The smallest absolute Gasteiger partial charge is 0.404 e. The van der Waals surface area contributed by atoms with Gasteiger partial charge in [0, 0.05) is 23.8 Å². The molecule has 0 spiro atoms. The monoisotopic (exact) mass is 638 g/mol. The number of nitrogens with two attached hydrogens (primary N) is 1. The van der Waals surface area contributed by atoms with Crippen LogP contribution in [0.4, 0.5) is 14.9 Å². The van der Waals surface area contributed by atoms with E-state index in [1.54, 1.807) is 13.8 Å². The summed E-state index contributed by atoms with van der Waals surface area (Å²) in [6, 6.07) is 12.0. The van der Waals surface area contributed by atoms with Crippen LogP contribution >= 0.6 is 0 Å². The van der Waals surface area contributed by atoms with Crippen molar-refractivity contribution in [3.05, 3.63) is 82.0 Å². The molecule has 2 amide bonds. The Morgan fingerprint density at radius 1 is 1.07 bits per heavy atom. The summed E-state index contributed by atoms with van der Waals surface area (Å²) in [6.07, 6.45) is -6.20. The van der Waals surface area contributed by atoms with E-state index in [0.717, 1.165) is 0 Å². The zero-order valence-corrected chi connectivity index (χ0v) is 25.1. The highest BCUT2D eigenvalue weighted by Crippen LogP contribution is 2.39. The number of aromatic hydroxyl groups is 2. The number of methoxy groups -OCH3 is 1. The van der Waals surface area contributed by atoms with Crippen molar-refractivity contribution < 1.29 is 52.7 Å². The van der Waals surface area contributed by atoms with Gasteiger partial charge in [-0.2, -0.15) is 0 Å². The van der Waals surface area contributed by atoms with Crippen LogP contribution in [0.5, 0.6) is 17.2 Å². The van der Waals surface area contributed by atoms with Crippen LogP contribution in [0.1, 0.15) is 29.8 Å². The molecule has 0 saturated carbocycles. The summed E-state index contributed by atoms with van der Waals surface area (Å²) in [7, 11) is 1.36. The number of carbonyl (C=O) groups excluding carboxylic acids is 2. The standard InChI is InChI=1S/C32H31FN2O11/c1-14-21(43-30-24(38)26(45-31(34)41)27(42-4)32(2,3)46-30)12-10-18-23(37)22(29(40)44-25(14)18)35-28(39)16-7-11-20(36)19(13-16)15-5-8-17(33)9-6-15/h5-13,24,26-27,30,36-38H,1-4H3,(H2,34,41)(H,35,39)/t24-,26+,27-,30-/m1/s1. The summed E-state index contributed by atoms with van der Waals surface area (Å²) >= 11 is 0. The van der Waals surface area contributed by atoms with Gasteiger partial charge in [0.1, 0.15) is 29.0 Å². The van der Waals surface area contributed by atoms with Crippen LogP contribution < -0.4 is 21.4 Å². The fourth-order valence-electron chi connectivity index (χ4n) is 5.40. The van der Waals surface area contributed by atoms with Crippen LogP contribution in [-0.4, -0.2) is 64.6 Å².